The highest BCUT2D eigenvalue weighted by molar-refractivity contribution is 7.98. The summed E-state index contributed by atoms with van der Waals surface area (Å²) in [4.78, 5) is 14.3. The Labute approximate surface area is 119 Å². The molecule has 1 rings (SSSR count). The number of hydrogen-bond donors (Lipinski definition) is 3. The number of nitrogens with zero attached hydrogens (tertiary/aromatic N) is 1. The lowest BCUT2D eigenvalue weighted by molar-refractivity contribution is 0.0687. The number of thiazole rings is 1. The van der Waals surface area contributed by atoms with E-state index in [1.807, 2.05) is 0 Å². The van der Waals surface area contributed by atoms with Crippen molar-refractivity contribution in [1.82, 2.24) is 9.71 Å². The van der Waals surface area contributed by atoms with Gasteiger partial charge in [-0.2, -0.15) is 11.8 Å². The van der Waals surface area contributed by atoms with E-state index >= 15 is 0 Å². The number of aliphatic hydroxyl groups is 1. The third-order valence-corrected chi connectivity index (χ3v) is 5.76. The van der Waals surface area contributed by atoms with Gasteiger partial charge in [0.25, 0.3) is 10.0 Å². The average molecular weight is 326 g/mol. The van der Waals surface area contributed by atoms with Gasteiger partial charge in [-0.3, -0.25) is 0 Å². The van der Waals surface area contributed by atoms with Crippen molar-refractivity contribution in [2.45, 2.75) is 16.7 Å². The summed E-state index contributed by atoms with van der Waals surface area (Å²) in [6.07, 6.45) is 1.79. The summed E-state index contributed by atoms with van der Waals surface area (Å²) < 4.78 is 25.7. The van der Waals surface area contributed by atoms with Gasteiger partial charge in [-0.15, -0.1) is 11.3 Å². The van der Waals surface area contributed by atoms with Gasteiger partial charge in [0.15, 0.2) is 9.90 Å². The number of aromatic carboxylic acids is 1. The molecular formula is C9H14N2O5S3. The van der Waals surface area contributed by atoms with Gasteiger partial charge in [-0.25, -0.2) is 22.9 Å². The molecule has 10 heteroatoms. The van der Waals surface area contributed by atoms with Gasteiger partial charge < -0.3 is 10.2 Å². The van der Waals surface area contributed by atoms with Gasteiger partial charge in [-0.1, -0.05) is 0 Å². The number of nitrogens with one attached hydrogen (secondary N) is 1. The van der Waals surface area contributed by atoms with Crippen LogP contribution in [0.25, 0.3) is 0 Å². The predicted octanol–water partition coefficient (Wildman–Crippen LogP) is 0.234. The summed E-state index contributed by atoms with van der Waals surface area (Å²) in [6, 6.07) is 0. The third kappa shape index (κ3) is 4.42. The van der Waals surface area contributed by atoms with Crippen molar-refractivity contribution in [2.75, 3.05) is 18.6 Å². The number of carboxylic acid groups (broad SMARTS) is 1. The number of carboxylic acids is 1. The molecule has 0 radical (unpaired) electrons. The van der Waals surface area contributed by atoms with Gasteiger partial charge in [0, 0.05) is 12.3 Å². The number of rotatable bonds is 7. The van der Waals surface area contributed by atoms with Crippen molar-refractivity contribution in [2.24, 2.45) is 0 Å². The number of aromatic nitrogens is 1. The summed E-state index contributed by atoms with van der Waals surface area (Å²) in [5.41, 5.74) is -0.569. The molecule has 0 aromatic carbocycles. The molecule has 108 valence electrons. The Morgan fingerprint density at radius 2 is 2.26 bits per heavy atom. The zero-order valence-electron chi connectivity index (χ0n) is 10.3. The smallest absolute Gasteiger partial charge is 0.356 e. The SMILES string of the molecule is CSCC(C)(O)CNS(=O)(=O)c1scnc1C(=O)O. The van der Waals surface area contributed by atoms with Crippen LogP contribution in [0, 0.1) is 0 Å². The van der Waals surface area contributed by atoms with Gasteiger partial charge in [-0.05, 0) is 13.2 Å². The number of sulfonamides is 1. The van der Waals surface area contributed by atoms with Crippen molar-refractivity contribution in [1.29, 1.82) is 0 Å². The molecule has 0 bridgehead atoms. The summed E-state index contributed by atoms with van der Waals surface area (Å²) >= 11 is 2.10. The molecule has 0 fully saturated rings. The minimum absolute atomic E-state index is 0.201. The fourth-order valence-electron chi connectivity index (χ4n) is 1.25. The van der Waals surface area contributed by atoms with Crippen molar-refractivity contribution in [3.05, 3.63) is 11.2 Å². The van der Waals surface area contributed by atoms with Crippen LogP contribution < -0.4 is 4.72 Å². The number of hydrogen-bond acceptors (Lipinski definition) is 7. The van der Waals surface area contributed by atoms with Crippen LogP contribution in [0.2, 0.25) is 0 Å². The Bertz CT molecular complexity index is 552. The Balaban J connectivity index is 2.88. The molecule has 0 aliphatic rings. The van der Waals surface area contributed by atoms with E-state index in [4.69, 9.17) is 5.11 Å². The van der Waals surface area contributed by atoms with Gasteiger partial charge >= 0.3 is 5.97 Å². The fourth-order valence-corrected chi connectivity index (χ4v) is 4.32. The van der Waals surface area contributed by atoms with E-state index < -0.39 is 27.3 Å². The highest BCUT2D eigenvalue weighted by atomic mass is 32.2. The molecule has 1 unspecified atom stereocenters. The standard InChI is InChI=1S/C9H14N2O5S3/c1-9(14,4-17-2)3-11-19(15,16)8-6(7(12)13)10-5-18-8/h5,11,14H,3-4H2,1-2H3,(H,12,13). The summed E-state index contributed by atoms with van der Waals surface area (Å²) in [7, 11) is -3.99. The number of thioether (sulfide) groups is 1. The molecule has 1 aromatic heterocycles. The Morgan fingerprint density at radius 3 is 2.79 bits per heavy atom. The first kappa shape index (κ1) is 16.4. The molecular weight excluding hydrogens is 312 g/mol. The molecule has 0 aliphatic carbocycles. The molecule has 1 atom stereocenters. The third-order valence-electron chi connectivity index (χ3n) is 2.08. The van der Waals surface area contributed by atoms with Crippen molar-refractivity contribution >= 4 is 39.1 Å². The summed E-state index contributed by atoms with van der Waals surface area (Å²) in [6.45, 7) is 1.30. The molecule has 3 N–H and O–H groups in total. The zero-order chi connectivity index (χ0) is 14.7. The maximum Gasteiger partial charge on any atom is 0.356 e. The van der Waals surface area contributed by atoms with Gasteiger partial charge in [0.1, 0.15) is 0 Å². The first-order chi connectivity index (χ1) is 8.69. The maximum absolute atomic E-state index is 11.9. The van der Waals surface area contributed by atoms with Crippen LogP contribution in [-0.2, 0) is 10.0 Å². The molecule has 19 heavy (non-hydrogen) atoms. The minimum atomic E-state index is -3.99. The van der Waals surface area contributed by atoms with Crippen LogP contribution in [0.5, 0.6) is 0 Å². The van der Waals surface area contributed by atoms with Crippen LogP contribution in [0.4, 0.5) is 0 Å². The second-order valence-corrected chi connectivity index (χ2v) is 7.73. The molecule has 0 spiro atoms. The van der Waals surface area contributed by atoms with Gasteiger partial charge in [0.05, 0.1) is 11.1 Å². The van der Waals surface area contributed by atoms with E-state index in [-0.39, 0.29) is 10.8 Å². The van der Waals surface area contributed by atoms with Gasteiger partial charge in [0.2, 0.25) is 0 Å². The largest absolute Gasteiger partial charge is 0.476 e. The monoisotopic (exact) mass is 326 g/mol. The van der Waals surface area contributed by atoms with E-state index in [1.165, 1.54) is 18.7 Å². The molecule has 0 saturated heterocycles. The van der Waals surface area contributed by atoms with Crippen LogP contribution in [-0.4, -0.2) is 53.7 Å². The highest BCUT2D eigenvalue weighted by Crippen LogP contribution is 2.20. The van der Waals surface area contributed by atoms with E-state index in [1.54, 1.807) is 6.26 Å². The minimum Gasteiger partial charge on any atom is -0.476 e. The van der Waals surface area contributed by atoms with E-state index in [0.29, 0.717) is 5.75 Å². The lowest BCUT2D eigenvalue weighted by Crippen LogP contribution is -2.42. The Hall–Kier alpha value is -0.680. The zero-order valence-corrected chi connectivity index (χ0v) is 12.7. The van der Waals surface area contributed by atoms with Crippen LogP contribution in [0.3, 0.4) is 0 Å². The van der Waals surface area contributed by atoms with Crippen molar-refractivity contribution < 1.29 is 23.4 Å². The van der Waals surface area contributed by atoms with Crippen LogP contribution >= 0.6 is 23.1 Å². The van der Waals surface area contributed by atoms with Crippen molar-refractivity contribution in [3.8, 4) is 0 Å². The molecule has 7 nitrogen and oxygen atoms in total. The fraction of sp³-hybridized carbons (Fsp3) is 0.556. The molecule has 0 aliphatic heterocycles. The second kappa shape index (κ2) is 6.18. The van der Waals surface area contributed by atoms with Crippen molar-refractivity contribution in [3.63, 3.8) is 0 Å². The quantitative estimate of drug-likeness (QED) is 0.657. The normalized spacial score (nSPS) is 15.1. The molecule has 1 heterocycles. The first-order valence-electron chi connectivity index (χ1n) is 5.07. The van der Waals surface area contributed by atoms with Crippen LogP contribution in [0.1, 0.15) is 17.4 Å². The Morgan fingerprint density at radius 1 is 1.63 bits per heavy atom. The number of carbonyl (C=O) groups is 1. The molecule has 0 saturated carbocycles. The maximum atomic E-state index is 11.9. The van der Waals surface area contributed by atoms with E-state index in [2.05, 4.69) is 9.71 Å². The van der Waals surface area contributed by atoms with E-state index in [9.17, 15) is 18.3 Å². The average Bonchev–Trinajstić information content (AvgIpc) is 2.76. The summed E-state index contributed by atoms with van der Waals surface area (Å²) in [5, 5.41) is 18.7. The Kier molecular flexibility index (Phi) is 5.33. The lowest BCUT2D eigenvalue weighted by Gasteiger charge is -2.22. The predicted molar refractivity (Wildman–Crippen MR) is 73.3 cm³/mol. The van der Waals surface area contributed by atoms with E-state index in [0.717, 1.165) is 16.8 Å². The first-order valence-corrected chi connectivity index (χ1v) is 8.83. The lowest BCUT2D eigenvalue weighted by atomic mass is 10.1. The highest BCUT2D eigenvalue weighted by Gasteiger charge is 2.28. The molecule has 1 aromatic rings. The van der Waals surface area contributed by atoms with Crippen LogP contribution in [0.15, 0.2) is 9.72 Å². The second-order valence-electron chi connectivity index (χ2n) is 4.05. The molecule has 0 amide bonds. The topological polar surface area (TPSA) is 117 Å². The summed E-state index contributed by atoms with van der Waals surface area (Å²) in [5.74, 6) is -1.05.